The fourth-order valence-electron chi connectivity index (χ4n) is 4.35. The number of fused-ring (bicyclic) bond motifs is 1. The predicted octanol–water partition coefficient (Wildman–Crippen LogP) is 3.89. The maximum atomic E-state index is 14.2. The number of aryl methyl sites for hydroxylation is 1. The number of halogens is 1. The second-order valence-corrected chi connectivity index (χ2v) is 10.8. The number of rotatable bonds is 8. The van der Waals surface area contributed by atoms with E-state index >= 15 is 0 Å². The molecule has 8 nitrogen and oxygen atoms in total. The van der Waals surface area contributed by atoms with Crippen LogP contribution in [0, 0.1) is 12.7 Å². The van der Waals surface area contributed by atoms with Crippen molar-refractivity contribution < 1.29 is 22.3 Å². The molecular formula is C26H28FN3O5S. The SMILES string of the molecule is CCOc1nc(C(CS(C)(=O)=O)n2c(=O)n(C)c3cc(-c4cccc(F)c4C)ccc32)ccc1OC. The van der Waals surface area contributed by atoms with Crippen molar-refractivity contribution in [2.45, 2.75) is 19.9 Å². The van der Waals surface area contributed by atoms with Gasteiger partial charge in [-0.15, -0.1) is 0 Å². The normalized spacial score (nSPS) is 12.6. The molecular weight excluding hydrogens is 485 g/mol. The summed E-state index contributed by atoms with van der Waals surface area (Å²) in [7, 11) is -0.415. The van der Waals surface area contributed by atoms with Gasteiger partial charge in [0, 0.05) is 13.3 Å². The number of hydrogen-bond acceptors (Lipinski definition) is 6. The van der Waals surface area contributed by atoms with Gasteiger partial charge >= 0.3 is 5.69 Å². The maximum absolute atomic E-state index is 14.2. The summed E-state index contributed by atoms with van der Waals surface area (Å²) in [6.45, 7) is 3.83. The van der Waals surface area contributed by atoms with Crippen LogP contribution < -0.4 is 15.2 Å². The van der Waals surface area contributed by atoms with E-state index in [1.165, 1.54) is 22.3 Å². The second-order valence-electron chi connectivity index (χ2n) is 8.61. The molecule has 2 aromatic heterocycles. The predicted molar refractivity (Wildman–Crippen MR) is 137 cm³/mol. The molecule has 0 fully saturated rings. The van der Waals surface area contributed by atoms with E-state index in [4.69, 9.17) is 9.47 Å². The minimum atomic E-state index is -3.52. The molecule has 2 aromatic carbocycles. The number of nitrogens with zero attached hydrogens (tertiary/aromatic N) is 3. The van der Waals surface area contributed by atoms with E-state index in [2.05, 4.69) is 4.98 Å². The summed E-state index contributed by atoms with van der Waals surface area (Å²) in [5.74, 6) is -0.0445. The highest BCUT2D eigenvalue weighted by Crippen LogP contribution is 2.32. The van der Waals surface area contributed by atoms with Gasteiger partial charge in [0.25, 0.3) is 5.88 Å². The van der Waals surface area contributed by atoms with Gasteiger partial charge in [0.05, 0.1) is 42.2 Å². The fraction of sp³-hybridized carbons (Fsp3) is 0.308. The Morgan fingerprint density at radius 1 is 1.11 bits per heavy atom. The van der Waals surface area contributed by atoms with Gasteiger partial charge in [-0.25, -0.2) is 22.6 Å². The second kappa shape index (κ2) is 9.77. The third kappa shape index (κ3) is 4.73. The van der Waals surface area contributed by atoms with Crippen molar-refractivity contribution in [3.8, 4) is 22.8 Å². The lowest BCUT2D eigenvalue weighted by atomic mass is 10.00. The monoisotopic (exact) mass is 513 g/mol. The first-order chi connectivity index (χ1) is 17.1. The number of benzene rings is 2. The zero-order chi connectivity index (χ0) is 26.2. The molecule has 0 aliphatic carbocycles. The van der Waals surface area contributed by atoms with E-state index < -0.39 is 21.6 Å². The van der Waals surface area contributed by atoms with Gasteiger partial charge in [-0.2, -0.15) is 0 Å². The Morgan fingerprint density at radius 2 is 1.86 bits per heavy atom. The van der Waals surface area contributed by atoms with Crippen LogP contribution in [0.2, 0.25) is 0 Å². The summed E-state index contributed by atoms with van der Waals surface area (Å²) in [6.07, 6.45) is 1.12. The zero-order valence-electron chi connectivity index (χ0n) is 20.8. The van der Waals surface area contributed by atoms with Gasteiger partial charge in [0.2, 0.25) is 0 Å². The van der Waals surface area contributed by atoms with Crippen LogP contribution in [0.15, 0.2) is 53.3 Å². The van der Waals surface area contributed by atoms with Crippen molar-refractivity contribution in [1.82, 2.24) is 14.1 Å². The fourth-order valence-corrected chi connectivity index (χ4v) is 5.25. The van der Waals surface area contributed by atoms with Gasteiger partial charge in [-0.05, 0) is 60.9 Å². The largest absolute Gasteiger partial charge is 0.491 e. The molecule has 36 heavy (non-hydrogen) atoms. The number of hydrogen-bond donors (Lipinski definition) is 0. The van der Waals surface area contributed by atoms with Gasteiger partial charge in [0.15, 0.2) is 5.75 Å². The molecule has 0 saturated heterocycles. The molecule has 4 aromatic rings. The van der Waals surface area contributed by atoms with Gasteiger partial charge in [-0.3, -0.25) is 9.13 Å². The minimum Gasteiger partial charge on any atom is -0.491 e. The lowest BCUT2D eigenvalue weighted by molar-refractivity contribution is 0.296. The van der Waals surface area contributed by atoms with Gasteiger partial charge in [0.1, 0.15) is 15.7 Å². The van der Waals surface area contributed by atoms with Crippen molar-refractivity contribution in [1.29, 1.82) is 0 Å². The van der Waals surface area contributed by atoms with Crippen molar-refractivity contribution in [2.24, 2.45) is 7.05 Å². The third-order valence-corrected chi connectivity index (χ3v) is 7.05. The quantitative estimate of drug-likeness (QED) is 0.355. The molecule has 0 saturated carbocycles. The summed E-state index contributed by atoms with van der Waals surface area (Å²) in [6, 6.07) is 12.6. The first-order valence-corrected chi connectivity index (χ1v) is 13.4. The molecule has 4 rings (SSSR count). The minimum absolute atomic E-state index is 0.216. The molecule has 0 aliphatic heterocycles. The summed E-state index contributed by atoms with van der Waals surface area (Å²) in [5, 5.41) is 0. The average molecular weight is 514 g/mol. The molecule has 0 bridgehead atoms. The molecule has 1 atom stereocenters. The number of sulfone groups is 1. The summed E-state index contributed by atoms with van der Waals surface area (Å²) >= 11 is 0. The lowest BCUT2D eigenvalue weighted by Gasteiger charge is -2.19. The summed E-state index contributed by atoms with van der Waals surface area (Å²) in [4.78, 5) is 18.0. The van der Waals surface area contributed by atoms with Crippen LogP contribution in [0.4, 0.5) is 4.39 Å². The molecule has 2 heterocycles. The highest BCUT2D eigenvalue weighted by molar-refractivity contribution is 7.90. The standard InChI is InChI=1S/C26H28FN3O5S/c1-6-35-25-24(34-4)13-11-20(28-25)23(15-36(5,32)33)30-21-12-10-17(14-22(21)29(3)26(30)31)18-8-7-9-19(27)16(18)2/h7-14,23H,6,15H2,1-5H3. The molecule has 0 spiro atoms. The molecule has 0 aliphatic rings. The highest BCUT2D eigenvalue weighted by atomic mass is 32.2. The van der Waals surface area contributed by atoms with Gasteiger partial charge in [-0.1, -0.05) is 18.2 Å². The summed E-state index contributed by atoms with van der Waals surface area (Å²) in [5.41, 5.74) is 3.02. The lowest BCUT2D eigenvalue weighted by Crippen LogP contribution is -2.31. The molecule has 10 heteroatoms. The van der Waals surface area contributed by atoms with Crippen molar-refractivity contribution in [3.05, 3.63) is 76.1 Å². The topological polar surface area (TPSA) is 92.4 Å². The molecule has 190 valence electrons. The van der Waals surface area contributed by atoms with Crippen LogP contribution in [-0.2, 0) is 16.9 Å². The Balaban J connectivity index is 1.94. The maximum Gasteiger partial charge on any atom is 0.329 e. The molecule has 1 unspecified atom stereocenters. The Bertz CT molecular complexity index is 1610. The van der Waals surface area contributed by atoms with Crippen LogP contribution in [0.3, 0.4) is 0 Å². The van der Waals surface area contributed by atoms with E-state index in [-0.39, 0.29) is 17.5 Å². The molecule has 0 amide bonds. The Kier molecular flexibility index (Phi) is 6.90. The average Bonchev–Trinajstić information content (AvgIpc) is 3.08. The van der Waals surface area contributed by atoms with Crippen LogP contribution >= 0.6 is 0 Å². The van der Waals surface area contributed by atoms with Gasteiger partial charge < -0.3 is 9.47 Å². The van der Waals surface area contributed by atoms with Crippen LogP contribution in [0.25, 0.3) is 22.2 Å². The van der Waals surface area contributed by atoms with Crippen LogP contribution in [-0.4, -0.2) is 48.3 Å². The Morgan fingerprint density at radius 3 is 2.53 bits per heavy atom. The number of methoxy groups -OCH3 is 1. The van der Waals surface area contributed by atoms with Crippen LogP contribution in [0.1, 0.15) is 24.2 Å². The molecule has 0 radical (unpaired) electrons. The first-order valence-electron chi connectivity index (χ1n) is 11.4. The first kappa shape index (κ1) is 25.4. The van der Waals surface area contributed by atoms with E-state index in [0.29, 0.717) is 40.2 Å². The smallest absolute Gasteiger partial charge is 0.329 e. The van der Waals surface area contributed by atoms with E-state index in [9.17, 15) is 17.6 Å². The zero-order valence-corrected chi connectivity index (χ0v) is 21.6. The number of imidazole rings is 1. The van der Waals surface area contributed by atoms with E-state index in [0.717, 1.165) is 11.8 Å². The van der Waals surface area contributed by atoms with Crippen molar-refractivity contribution >= 4 is 20.9 Å². The number of ether oxygens (including phenoxy) is 2. The number of aromatic nitrogens is 3. The molecule has 0 N–H and O–H groups in total. The third-order valence-electron chi connectivity index (χ3n) is 6.13. The van der Waals surface area contributed by atoms with E-state index in [1.807, 2.05) is 6.07 Å². The summed E-state index contributed by atoms with van der Waals surface area (Å²) < 4.78 is 52.8. The number of pyridine rings is 1. The Hall–Kier alpha value is -3.66. The Labute approximate surface area is 208 Å². The van der Waals surface area contributed by atoms with E-state index in [1.54, 1.807) is 57.3 Å². The van der Waals surface area contributed by atoms with Crippen molar-refractivity contribution in [3.63, 3.8) is 0 Å². The highest BCUT2D eigenvalue weighted by Gasteiger charge is 2.27. The van der Waals surface area contributed by atoms with Crippen molar-refractivity contribution in [2.75, 3.05) is 25.7 Å². The van der Waals surface area contributed by atoms with Crippen LogP contribution in [0.5, 0.6) is 11.6 Å².